The number of alkyl halides is 13. The van der Waals surface area contributed by atoms with Gasteiger partial charge >= 0.3 is 27.9 Å². The second-order valence-electron chi connectivity index (χ2n) is 5.22. The molecule has 4 nitrogen and oxygen atoms in total. The molecule has 2 N–H and O–H groups in total. The summed E-state index contributed by atoms with van der Waals surface area (Å²) in [5.74, 6) is -21.7. The quantitative estimate of drug-likeness (QED) is 0.386. The van der Waals surface area contributed by atoms with Gasteiger partial charge in [0.15, 0.2) is 18.5 Å². The number of nitrogens with one attached hydrogen (secondary N) is 1. The number of hydrogen-bond donors (Lipinski definition) is 2. The highest BCUT2D eigenvalue weighted by molar-refractivity contribution is 7.86. The van der Waals surface area contributed by atoms with E-state index in [0.29, 0.717) is 0 Å². The first kappa shape index (κ1) is 30.2. The van der Waals surface area contributed by atoms with Gasteiger partial charge in [0, 0.05) is 0 Å². The van der Waals surface area contributed by atoms with Crippen molar-refractivity contribution in [3.05, 3.63) is 0 Å². The summed E-state index contributed by atoms with van der Waals surface area (Å²) < 4.78 is 194. The lowest BCUT2D eigenvalue weighted by molar-refractivity contribution is -0.337. The average Bonchev–Trinajstić information content (AvgIpc) is 2.57. The molecule has 0 rings (SSSR count). The van der Waals surface area contributed by atoms with E-state index in [1.165, 1.54) is 0 Å². The van der Waals surface area contributed by atoms with Gasteiger partial charge in [-0.25, -0.2) is 30.7 Å². The van der Waals surface area contributed by atoms with E-state index in [9.17, 15) is 65.5 Å². The van der Waals surface area contributed by atoms with Crippen LogP contribution in [0.1, 0.15) is 0 Å². The average molecular weight is 487 g/mol. The van der Waals surface area contributed by atoms with Gasteiger partial charge in [-0.1, -0.05) is 0 Å². The van der Waals surface area contributed by atoms with Gasteiger partial charge in [-0.3, -0.25) is 4.55 Å². The van der Waals surface area contributed by atoms with Gasteiger partial charge in [0.25, 0.3) is 11.9 Å². The molecule has 0 spiro atoms. The summed E-state index contributed by atoms with van der Waals surface area (Å²) in [6.45, 7) is 0. The Morgan fingerprint density at radius 1 is 0.724 bits per heavy atom. The molecule has 0 aromatic carbocycles. The Morgan fingerprint density at radius 2 is 1.07 bits per heavy atom. The smallest absolute Gasteiger partial charge is 0.323 e. The third-order valence-electron chi connectivity index (χ3n) is 2.86. The summed E-state index contributed by atoms with van der Waals surface area (Å²) >= 11 is 0. The molecule has 0 aliphatic rings. The second-order valence-corrected chi connectivity index (χ2v) is 6.66. The molecule has 0 saturated carbocycles. The molecule has 0 saturated heterocycles. The van der Waals surface area contributed by atoms with Crippen LogP contribution in [0.2, 0.25) is 0 Å². The minimum atomic E-state index is -7.44. The maximum Gasteiger partial charge on any atom is 0.379 e. The summed E-state index contributed by atoms with van der Waals surface area (Å²) in [5, 5.41) is 2.75. The molecular formula is C11H14F13NO3S. The maximum absolute atomic E-state index is 13.1. The van der Waals surface area contributed by atoms with Crippen LogP contribution < -0.4 is 5.32 Å². The predicted octanol–water partition coefficient (Wildman–Crippen LogP) is 3.53. The van der Waals surface area contributed by atoms with Crippen LogP contribution in [0, 0.1) is 0 Å². The van der Waals surface area contributed by atoms with E-state index in [1.807, 2.05) is 14.1 Å². The maximum atomic E-state index is 13.1. The van der Waals surface area contributed by atoms with Crippen molar-refractivity contribution in [1.29, 1.82) is 0 Å². The molecule has 18 heteroatoms. The first-order valence-corrected chi connectivity index (χ1v) is 8.33. The summed E-state index contributed by atoms with van der Waals surface area (Å²) in [4.78, 5) is 0. The van der Waals surface area contributed by atoms with Crippen LogP contribution in [-0.4, -0.2) is 81.4 Å². The first-order valence-electron chi connectivity index (χ1n) is 6.82. The minimum absolute atomic E-state index is 1.88. The van der Waals surface area contributed by atoms with E-state index in [-0.39, 0.29) is 0 Å². The Bertz CT molecular complexity index is 603. The summed E-state index contributed by atoms with van der Waals surface area (Å²) in [5.41, 5.74) is -5.46. The number of rotatable bonds is 9. The van der Waals surface area contributed by atoms with E-state index >= 15 is 0 Å². The molecule has 0 aromatic rings. The Balaban J connectivity index is 0. The van der Waals surface area contributed by atoms with Gasteiger partial charge < -0.3 is 5.32 Å². The van der Waals surface area contributed by atoms with Gasteiger partial charge in [-0.15, -0.1) is 0 Å². The van der Waals surface area contributed by atoms with Crippen LogP contribution in [-0.2, 0) is 10.1 Å². The first-order chi connectivity index (χ1) is 12.7. The van der Waals surface area contributed by atoms with Crippen molar-refractivity contribution >= 4 is 10.1 Å². The summed E-state index contributed by atoms with van der Waals surface area (Å²) in [7, 11) is -3.02. The molecule has 29 heavy (non-hydrogen) atoms. The van der Waals surface area contributed by atoms with Crippen molar-refractivity contribution in [2.75, 3.05) is 14.1 Å². The molecule has 0 amide bonds. The van der Waals surface area contributed by atoms with Gasteiger partial charge in [0.1, 0.15) is 0 Å². The molecule has 0 aliphatic carbocycles. The number of hydrogen-bond acceptors (Lipinski definition) is 3. The van der Waals surface area contributed by atoms with E-state index in [4.69, 9.17) is 4.55 Å². The van der Waals surface area contributed by atoms with E-state index < -0.39 is 64.5 Å². The van der Waals surface area contributed by atoms with Crippen molar-refractivity contribution in [3.63, 3.8) is 0 Å². The fourth-order valence-electron chi connectivity index (χ4n) is 1.40. The number of halogens is 13. The highest BCUT2D eigenvalue weighted by atomic mass is 32.2. The Morgan fingerprint density at radius 3 is 1.34 bits per heavy atom. The molecule has 178 valence electrons. The van der Waals surface area contributed by atoms with Crippen molar-refractivity contribution in [2.24, 2.45) is 0 Å². The van der Waals surface area contributed by atoms with Gasteiger partial charge in [0.05, 0.1) is 0 Å². The lowest BCUT2D eigenvalue weighted by Crippen LogP contribution is -2.65. The van der Waals surface area contributed by atoms with Crippen LogP contribution >= 0.6 is 0 Å². The predicted molar refractivity (Wildman–Crippen MR) is 71.9 cm³/mol. The largest absolute Gasteiger partial charge is 0.379 e. The Labute approximate surface area is 155 Å². The fourth-order valence-corrected chi connectivity index (χ4v) is 1.92. The highest BCUT2D eigenvalue weighted by Gasteiger charge is 2.80. The normalized spacial score (nSPS) is 19.1. The molecule has 5 unspecified atom stereocenters. The zero-order chi connectivity index (χ0) is 24.2. The SMILES string of the molecule is CNC.O=S(=O)(O)C(F)C(F)(F)C(F)(F)C(F)(F)C(F)C(F)C(F)C(F)C(F)F. The summed E-state index contributed by atoms with van der Waals surface area (Å²) in [6, 6.07) is 0. The van der Waals surface area contributed by atoms with Crippen molar-refractivity contribution < 1.29 is 70.0 Å². The molecule has 0 fully saturated rings. The Hall–Kier alpha value is -1.04. The van der Waals surface area contributed by atoms with Crippen LogP contribution in [0.3, 0.4) is 0 Å². The molecule has 0 heterocycles. The third kappa shape index (κ3) is 6.47. The van der Waals surface area contributed by atoms with E-state index in [0.717, 1.165) is 0 Å². The lowest BCUT2D eigenvalue weighted by Gasteiger charge is -2.36. The zero-order valence-corrected chi connectivity index (χ0v) is 14.9. The van der Waals surface area contributed by atoms with Crippen molar-refractivity contribution in [2.45, 2.75) is 54.4 Å². The topological polar surface area (TPSA) is 66.4 Å². The van der Waals surface area contributed by atoms with E-state index in [1.54, 1.807) is 0 Å². The van der Waals surface area contributed by atoms with Crippen LogP contribution in [0.15, 0.2) is 0 Å². The summed E-state index contributed by atoms with van der Waals surface area (Å²) in [6.07, 6.45) is -23.6. The second kappa shape index (κ2) is 10.3. The molecular weight excluding hydrogens is 473 g/mol. The third-order valence-corrected chi connectivity index (χ3v) is 3.68. The monoisotopic (exact) mass is 487 g/mol. The standard InChI is InChI=1S/C9H7F13O3S.C2H7N/c10-1(3(12)5(14)15)2(11)4(13)7(17,18)9(21,22)8(19,20)6(16)26(23,24)25;1-3-2/h1-6H,(H,23,24,25);3H,1-2H3. The molecule has 0 aromatic heterocycles. The van der Waals surface area contributed by atoms with Gasteiger partial charge in [-0.2, -0.15) is 34.8 Å². The molecule has 0 aliphatic heterocycles. The van der Waals surface area contributed by atoms with Crippen LogP contribution in [0.25, 0.3) is 0 Å². The molecule has 5 atom stereocenters. The van der Waals surface area contributed by atoms with Crippen molar-refractivity contribution in [1.82, 2.24) is 5.32 Å². The minimum Gasteiger partial charge on any atom is -0.323 e. The van der Waals surface area contributed by atoms with E-state index in [2.05, 4.69) is 5.32 Å². The highest BCUT2D eigenvalue weighted by Crippen LogP contribution is 2.52. The van der Waals surface area contributed by atoms with Crippen molar-refractivity contribution in [3.8, 4) is 0 Å². The van der Waals surface area contributed by atoms with Crippen LogP contribution in [0.4, 0.5) is 57.1 Å². The fraction of sp³-hybridized carbons (Fsp3) is 1.00. The van der Waals surface area contributed by atoms with Crippen LogP contribution in [0.5, 0.6) is 0 Å². The van der Waals surface area contributed by atoms with Gasteiger partial charge in [-0.05, 0) is 14.1 Å². The molecule has 0 bridgehead atoms. The van der Waals surface area contributed by atoms with Gasteiger partial charge in [0.2, 0.25) is 6.17 Å². The lowest BCUT2D eigenvalue weighted by atomic mass is 9.95. The Kier molecular flexibility index (Phi) is 10.7. The molecule has 0 radical (unpaired) electrons. The zero-order valence-electron chi connectivity index (χ0n) is 14.0.